The van der Waals surface area contributed by atoms with Crippen LogP contribution in [0, 0.1) is 5.82 Å². The van der Waals surface area contributed by atoms with Crippen LogP contribution in [0.15, 0.2) is 48.7 Å². The van der Waals surface area contributed by atoms with Crippen LogP contribution < -0.4 is 4.90 Å². The van der Waals surface area contributed by atoms with Gasteiger partial charge in [-0.25, -0.2) is 4.39 Å². The number of benzene rings is 2. The van der Waals surface area contributed by atoms with Crippen LogP contribution in [0.2, 0.25) is 5.02 Å². The van der Waals surface area contributed by atoms with Crippen LogP contribution in [0.5, 0.6) is 0 Å². The zero-order chi connectivity index (χ0) is 22.1. The highest BCUT2D eigenvalue weighted by Gasteiger charge is 2.33. The molecule has 1 aromatic heterocycles. The third-order valence-electron chi connectivity index (χ3n) is 5.58. The number of carbonyl (C=O) groups is 2. The van der Waals surface area contributed by atoms with Gasteiger partial charge in [0.2, 0.25) is 0 Å². The standard InChI is InChI=1S/C22H21ClFN3O4/c23-14-1-6-17-18(12-27(13-20(28)29)19(17)11-14)21(22(30)31)26-9-7-25(8-10-26)16-4-2-15(24)3-5-16/h1-6,11-12,21H,7-10,13H2,(H,28,29)(H,30,31)/t21-/m1/s1. The molecule has 1 aliphatic heterocycles. The lowest BCUT2D eigenvalue weighted by molar-refractivity contribution is -0.143. The van der Waals surface area contributed by atoms with Crippen LogP contribution >= 0.6 is 11.6 Å². The molecule has 1 aliphatic rings. The zero-order valence-corrected chi connectivity index (χ0v) is 17.3. The van der Waals surface area contributed by atoms with Crippen molar-refractivity contribution in [1.29, 1.82) is 0 Å². The van der Waals surface area contributed by atoms with Gasteiger partial charge in [-0.3, -0.25) is 14.5 Å². The molecule has 0 saturated carbocycles. The molecule has 0 unspecified atom stereocenters. The van der Waals surface area contributed by atoms with E-state index in [4.69, 9.17) is 11.6 Å². The molecule has 31 heavy (non-hydrogen) atoms. The topological polar surface area (TPSA) is 86.0 Å². The first-order valence-electron chi connectivity index (χ1n) is 9.81. The average Bonchev–Trinajstić information content (AvgIpc) is 3.05. The van der Waals surface area contributed by atoms with Gasteiger partial charge >= 0.3 is 11.9 Å². The van der Waals surface area contributed by atoms with Gasteiger partial charge in [-0.2, -0.15) is 0 Å². The van der Waals surface area contributed by atoms with E-state index in [0.29, 0.717) is 47.7 Å². The van der Waals surface area contributed by atoms with Crippen LogP contribution in [-0.4, -0.2) is 57.8 Å². The summed E-state index contributed by atoms with van der Waals surface area (Å²) in [6, 6.07) is 10.4. The number of anilines is 1. The third kappa shape index (κ3) is 4.35. The number of fused-ring (bicyclic) bond motifs is 1. The Hall–Kier alpha value is -3.10. The van der Waals surface area contributed by atoms with Gasteiger partial charge in [0.15, 0.2) is 0 Å². The summed E-state index contributed by atoms with van der Waals surface area (Å²) >= 11 is 6.09. The predicted octanol–water partition coefficient (Wildman–Crippen LogP) is 3.47. The summed E-state index contributed by atoms with van der Waals surface area (Å²) in [6.45, 7) is 1.88. The molecular weight excluding hydrogens is 425 g/mol. The molecule has 0 spiro atoms. The molecule has 0 bridgehead atoms. The van der Waals surface area contributed by atoms with Gasteiger partial charge in [-0.15, -0.1) is 0 Å². The van der Waals surface area contributed by atoms with E-state index in [0.717, 1.165) is 5.69 Å². The normalized spacial score (nSPS) is 15.9. The Morgan fingerprint density at radius 1 is 1.03 bits per heavy atom. The number of aliphatic carboxylic acids is 2. The van der Waals surface area contributed by atoms with Gasteiger partial charge in [0.1, 0.15) is 18.4 Å². The van der Waals surface area contributed by atoms with Gasteiger partial charge in [-0.1, -0.05) is 17.7 Å². The van der Waals surface area contributed by atoms with E-state index in [-0.39, 0.29) is 12.4 Å². The molecule has 0 radical (unpaired) electrons. The fourth-order valence-electron chi connectivity index (χ4n) is 4.16. The van der Waals surface area contributed by atoms with Crippen molar-refractivity contribution in [3.63, 3.8) is 0 Å². The van der Waals surface area contributed by atoms with Crippen molar-refractivity contribution >= 4 is 40.1 Å². The quantitative estimate of drug-likeness (QED) is 0.604. The number of hydrogen-bond donors (Lipinski definition) is 2. The number of carboxylic acid groups (broad SMARTS) is 2. The van der Waals surface area contributed by atoms with Gasteiger partial charge in [0.25, 0.3) is 0 Å². The van der Waals surface area contributed by atoms with Crippen molar-refractivity contribution in [2.45, 2.75) is 12.6 Å². The second kappa shape index (κ2) is 8.56. The van der Waals surface area contributed by atoms with Crippen molar-refractivity contribution in [1.82, 2.24) is 9.47 Å². The highest BCUT2D eigenvalue weighted by atomic mass is 35.5. The Bertz CT molecular complexity index is 1120. The SMILES string of the molecule is O=C(O)Cn1cc([C@H](C(=O)O)N2CCN(c3ccc(F)cc3)CC2)c2ccc(Cl)cc21. The maximum Gasteiger partial charge on any atom is 0.325 e. The van der Waals surface area contributed by atoms with Gasteiger partial charge in [0.05, 0.1) is 5.52 Å². The highest BCUT2D eigenvalue weighted by Crippen LogP contribution is 2.33. The molecule has 3 aromatic rings. The van der Waals surface area contributed by atoms with E-state index in [1.54, 1.807) is 36.5 Å². The number of rotatable bonds is 6. The third-order valence-corrected chi connectivity index (χ3v) is 5.82. The van der Waals surface area contributed by atoms with Crippen molar-refractivity contribution in [2.24, 2.45) is 0 Å². The van der Waals surface area contributed by atoms with Crippen molar-refractivity contribution in [3.8, 4) is 0 Å². The number of nitrogens with zero attached hydrogens (tertiary/aromatic N) is 3. The molecular formula is C22H21ClFN3O4. The fourth-order valence-corrected chi connectivity index (χ4v) is 4.33. The summed E-state index contributed by atoms with van der Waals surface area (Å²) < 4.78 is 14.7. The second-order valence-electron chi connectivity index (χ2n) is 7.51. The summed E-state index contributed by atoms with van der Waals surface area (Å²) in [5, 5.41) is 20.4. The summed E-state index contributed by atoms with van der Waals surface area (Å²) in [6.07, 6.45) is 1.60. The number of halogens is 2. The molecule has 2 heterocycles. The Morgan fingerprint density at radius 2 is 1.71 bits per heavy atom. The van der Waals surface area contributed by atoms with E-state index >= 15 is 0 Å². The molecule has 7 nitrogen and oxygen atoms in total. The maximum absolute atomic E-state index is 13.2. The smallest absolute Gasteiger partial charge is 0.325 e. The predicted molar refractivity (Wildman–Crippen MR) is 115 cm³/mol. The van der Waals surface area contributed by atoms with Crippen molar-refractivity contribution in [3.05, 3.63) is 65.1 Å². The Labute approximate surface area is 182 Å². The molecule has 1 fully saturated rings. The van der Waals surface area contributed by atoms with Crippen LogP contribution in [0.1, 0.15) is 11.6 Å². The minimum Gasteiger partial charge on any atom is -0.480 e. The number of aromatic nitrogens is 1. The number of carboxylic acids is 2. The van der Waals surface area contributed by atoms with E-state index < -0.39 is 18.0 Å². The zero-order valence-electron chi connectivity index (χ0n) is 16.5. The molecule has 0 amide bonds. The van der Waals surface area contributed by atoms with Crippen LogP contribution in [0.4, 0.5) is 10.1 Å². The lowest BCUT2D eigenvalue weighted by atomic mass is 10.0. The minimum absolute atomic E-state index is 0.290. The molecule has 0 aliphatic carbocycles. The minimum atomic E-state index is -1.02. The van der Waals surface area contributed by atoms with Gasteiger partial charge < -0.3 is 19.7 Å². The fraction of sp³-hybridized carbons (Fsp3) is 0.273. The van der Waals surface area contributed by atoms with E-state index in [1.807, 2.05) is 4.90 Å². The molecule has 4 rings (SSSR count). The highest BCUT2D eigenvalue weighted by molar-refractivity contribution is 6.31. The lowest BCUT2D eigenvalue weighted by Crippen LogP contribution is -2.49. The average molecular weight is 446 g/mol. The second-order valence-corrected chi connectivity index (χ2v) is 7.94. The molecule has 1 saturated heterocycles. The molecule has 1 atom stereocenters. The van der Waals surface area contributed by atoms with Crippen LogP contribution in [0.3, 0.4) is 0 Å². The van der Waals surface area contributed by atoms with Gasteiger partial charge in [-0.05, 0) is 36.4 Å². The summed E-state index contributed by atoms with van der Waals surface area (Å²) in [7, 11) is 0. The lowest BCUT2D eigenvalue weighted by Gasteiger charge is -2.38. The van der Waals surface area contributed by atoms with E-state index in [1.165, 1.54) is 16.7 Å². The largest absolute Gasteiger partial charge is 0.480 e. The monoisotopic (exact) mass is 445 g/mol. The first-order chi connectivity index (χ1) is 14.8. The van der Waals surface area contributed by atoms with Crippen molar-refractivity contribution in [2.75, 3.05) is 31.1 Å². The maximum atomic E-state index is 13.2. The molecule has 9 heteroatoms. The number of hydrogen-bond acceptors (Lipinski definition) is 4. The van der Waals surface area contributed by atoms with Crippen molar-refractivity contribution < 1.29 is 24.2 Å². The van der Waals surface area contributed by atoms with E-state index in [2.05, 4.69) is 4.90 Å². The Kier molecular flexibility index (Phi) is 5.84. The summed E-state index contributed by atoms with van der Waals surface area (Å²) in [5.74, 6) is -2.33. The number of piperazine rings is 1. The first kappa shape index (κ1) is 21.1. The Morgan fingerprint density at radius 3 is 2.32 bits per heavy atom. The molecule has 162 valence electrons. The molecule has 2 aromatic carbocycles. The van der Waals surface area contributed by atoms with Crippen LogP contribution in [-0.2, 0) is 16.1 Å². The Balaban J connectivity index is 1.63. The molecule has 2 N–H and O–H groups in total. The van der Waals surface area contributed by atoms with Gasteiger partial charge in [0, 0.05) is 54.0 Å². The summed E-state index contributed by atoms with van der Waals surface area (Å²) in [5.41, 5.74) is 2.01. The first-order valence-corrected chi connectivity index (χ1v) is 10.2. The van der Waals surface area contributed by atoms with E-state index in [9.17, 15) is 24.2 Å². The summed E-state index contributed by atoms with van der Waals surface area (Å²) in [4.78, 5) is 27.5. The van der Waals surface area contributed by atoms with Crippen LogP contribution in [0.25, 0.3) is 10.9 Å².